The van der Waals surface area contributed by atoms with E-state index in [1.807, 2.05) is 0 Å². The number of rotatable bonds is 3. The molecule has 8 heavy (non-hydrogen) atoms. The first-order valence-corrected chi connectivity index (χ1v) is 3.44. The SMILES string of the molecule is CCCC(Cl)C(C)O. The second kappa shape index (κ2) is 4.16. The van der Waals surface area contributed by atoms with Crippen LogP contribution in [0.5, 0.6) is 0 Å². The number of aliphatic hydroxyl groups is 1. The molecule has 0 heterocycles. The molecule has 0 radical (unpaired) electrons. The Kier molecular flexibility index (Phi) is 4.29. The molecule has 0 rings (SSSR count). The summed E-state index contributed by atoms with van der Waals surface area (Å²) in [5.41, 5.74) is 0. The molecule has 0 aromatic carbocycles. The Morgan fingerprint density at radius 1 is 1.62 bits per heavy atom. The molecule has 0 aliphatic heterocycles. The third-order valence-corrected chi connectivity index (χ3v) is 1.67. The lowest BCUT2D eigenvalue weighted by Gasteiger charge is -2.09. The normalized spacial score (nSPS) is 18.0. The van der Waals surface area contributed by atoms with Crippen LogP contribution in [0.2, 0.25) is 0 Å². The van der Waals surface area contributed by atoms with Crippen molar-refractivity contribution in [1.29, 1.82) is 0 Å². The van der Waals surface area contributed by atoms with Gasteiger partial charge >= 0.3 is 0 Å². The van der Waals surface area contributed by atoms with Gasteiger partial charge in [-0.05, 0) is 13.3 Å². The molecule has 0 aliphatic carbocycles. The molecule has 0 aromatic rings. The van der Waals surface area contributed by atoms with Gasteiger partial charge in [-0.25, -0.2) is 0 Å². The molecule has 1 nitrogen and oxygen atoms in total. The summed E-state index contributed by atoms with van der Waals surface area (Å²) in [5, 5.41) is 8.76. The molecule has 2 atom stereocenters. The fourth-order valence-electron chi connectivity index (χ4n) is 0.517. The largest absolute Gasteiger partial charge is 0.392 e. The van der Waals surface area contributed by atoms with E-state index in [1.165, 1.54) is 0 Å². The van der Waals surface area contributed by atoms with Crippen LogP contribution in [0.4, 0.5) is 0 Å². The van der Waals surface area contributed by atoms with E-state index >= 15 is 0 Å². The Morgan fingerprint density at radius 2 is 2.12 bits per heavy atom. The second-order valence-electron chi connectivity index (χ2n) is 2.05. The van der Waals surface area contributed by atoms with Gasteiger partial charge in [-0.2, -0.15) is 0 Å². The van der Waals surface area contributed by atoms with Crippen molar-refractivity contribution in [3.05, 3.63) is 0 Å². The smallest absolute Gasteiger partial charge is 0.0675 e. The van der Waals surface area contributed by atoms with Crippen molar-refractivity contribution in [2.45, 2.75) is 38.2 Å². The van der Waals surface area contributed by atoms with Crippen molar-refractivity contribution in [2.75, 3.05) is 0 Å². The quantitative estimate of drug-likeness (QED) is 0.587. The lowest BCUT2D eigenvalue weighted by molar-refractivity contribution is 0.185. The molecule has 50 valence electrons. The van der Waals surface area contributed by atoms with Gasteiger partial charge in [-0.3, -0.25) is 0 Å². The molecule has 0 aliphatic rings. The molecule has 2 unspecified atom stereocenters. The first-order valence-electron chi connectivity index (χ1n) is 3.00. The van der Waals surface area contributed by atoms with E-state index in [2.05, 4.69) is 6.92 Å². The average Bonchev–Trinajstić information content (AvgIpc) is 1.67. The molecule has 0 fully saturated rings. The van der Waals surface area contributed by atoms with E-state index in [1.54, 1.807) is 6.92 Å². The lowest BCUT2D eigenvalue weighted by Crippen LogP contribution is -2.15. The molecular weight excluding hydrogens is 124 g/mol. The fraction of sp³-hybridized carbons (Fsp3) is 1.00. The predicted octanol–water partition coefficient (Wildman–Crippen LogP) is 1.77. The van der Waals surface area contributed by atoms with Crippen LogP contribution in [0.1, 0.15) is 26.7 Å². The van der Waals surface area contributed by atoms with Crippen LogP contribution in [0.25, 0.3) is 0 Å². The van der Waals surface area contributed by atoms with Crippen LogP contribution in [-0.4, -0.2) is 16.6 Å². The van der Waals surface area contributed by atoms with Crippen molar-refractivity contribution in [2.24, 2.45) is 0 Å². The Hall–Kier alpha value is 0.250. The second-order valence-corrected chi connectivity index (χ2v) is 2.61. The molecular formula is C6H13ClO. The zero-order chi connectivity index (χ0) is 6.57. The van der Waals surface area contributed by atoms with Crippen LogP contribution in [-0.2, 0) is 0 Å². The highest BCUT2D eigenvalue weighted by Gasteiger charge is 2.07. The minimum atomic E-state index is -0.364. The monoisotopic (exact) mass is 136 g/mol. The number of hydrogen-bond acceptors (Lipinski definition) is 1. The van der Waals surface area contributed by atoms with E-state index in [9.17, 15) is 0 Å². The number of aliphatic hydroxyl groups excluding tert-OH is 1. The first-order chi connectivity index (χ1) is 3.68. The van der Waals surface area contributed by atoms with Crippen LogP contribution in [0.3, 0.4) is 0 Å². The summed E-state index contributed by atoms with van der Waals surface area (Å²) >= 11 is 5.67. The number of hydrogen-bond donors (Lipinski definition) is 1. The van der Waals surface area contributed by atoms with Gasteiger partial charge in [0.25, 0.3) is 0 Å². The summed E-state index contributed by atoms with van der Waals surface area (Å²) in [5.74, 6) is 0. The number of halogens is 1. The first kappa shape index (κ1) is 8.25. The summed E-state index contributed by atoms with van der Waals surface area (Å²) in [7, 11) is 0. The Balaban J connectivity index is 3.17. The zero-order valence-corrected chi connectivity index (χ0v) is 6.15. The van der Waals surface area contributed by atoms with E-state index in [4.69, 9.17) is 16.7 Å². The summed E-state index contributed by atoms with van der Waals surface area (Å²) in [4.78, 5) is 0. The van der Waals surface area contributed by atoms with Gasteiger partial charge in [0.2, 0.25) is 0 Å². The van der Waals surface area contributed by atoms with Crippen LogP contribution in [0.15, 0.2) is 0 Å². The van der Waals surface area contributed by atoms with E-state index < -0.39 is 0 Å². The van der Waals surface area contributed by atoms with Crippen molar-refractivity contribution < 1.29 is 5.11 Å². The van der Waals surface area contributed by atoms with Crippen molar-refractivity contribution in [1.82, 2.24) is 0 Å². The standard InChI is InChI=1S/C6H13ClO/c1-3-4-6(7)5(2)8/h5-6,8H,3-4H2,1-2H3. The molecule has 0 bridgehead atoms. The van der Waals surface area contributed by atoms with E-state index in [0.717, 1.165) is 12.8 Å². The maximum Gasteiger partial charge on any atom is 0.0675 e. The zero-order valence-electron chi connectivity index (χ0n) is 5.39. The highest BCUT2D eigenvalue weighted by molar-refractivity contribution is 6.20. The fourth-order valence-corrected chi connectivity index (χ4v) is 0.735. The molecule has 0 saturated heterocycles. The van der Waals surface area contributed by atoms with Crippen molar-refractivity contribution in [3.63, 3.8) is 0 Å². The van der Waals surface area contributed by atoms with Crippen LogP contribution < -0.4 is 0 Å². The van der Waals surface area contributed by atoms with Gasteiger partial charge in [0.1, 0.15) is 0 Å². The van der Waals surface area contributed by atoms with Crippen LogP contribution >= 0.6 is 11.6 Å². The molecule has 2 heteroatoms. The van der Waals surface area contributed by atoms with Gasteiger partial charge in [0, 0.05) is 0 Å². The maximum atomic E-state index is 8.82. The van der Waals surface area contributed by atoms with Crippen LogP contribution in [0, 0.1) is 0 Å². The minimum absolute atomic E-state index is 0.0556. The highest BCUT2D eigenvalue weighted by Crippen LogP contribution is 2.08. The minimum Gasteiger partial charge on any atom is -0.392 e. The summed E-state index contributed by atoms with van der Waals surface area (Å²) in [6, 6.07) is 0. The van der Waals surface area contributed by atoms with Gasteiger partial charge in [-0.1, -0.05) is 13.3 Å². The average molecular weight is 137 g/mol. The Morgan fingerprint density at radius 3 is 2.25 bits per heavy atom. The van der Waals surface area contributed by atoms with Gasteiger partial charge < -0.3 is 5.11 Å². The third kappa shape index (κ3) is 3.28. The lowest BCUT2D eigenvalue weighted by atomic mass is 10.2. The molecule has 0 saturated carbocycles. The third-order valence-electron chi connectivity index (χ3n) is 1.09. The summed E-state index contributed by atoms with van der Waals surface area (Å²) in [6.07, 6.45) is 1.58. The van der Waals surface area contributed by atoms with E-state index in [0.29, 0.717) is 0 Å². The Labute approximate surface area is 55.7 Å². The van der Waals surface area contributed by atoms with Crippen molar-refractivity contribution >= 4 is 11.6 Å². The predicted molar refractivity (Wildman–Crippen MR) is 36.2 cm³/mol. The maximum absolute atomic E-state index is 8.82. The van der Waals surface area contributed by atoms with Gasteiger partial charge in [0.05, 0.1) is 11.5 Å². The van der Waals surface area contributed by atoms with Crippen molar-refractivity contribution in [3.8, 4) is 0 Å². The van der Waals surface area contributed by atoms with E-state index in [-0.39, 0.29) is 11.5 Å². The van der Waals surface area contributed by atoms with Gasteiger partial charge in [0.15, 0.2) is 0 Å². The molecule has 0 aromatic heterocycles. The number of alkyl halides is 1. The summed E-state index contributed by atoms with van der Waals surface area (Å²) < 4.78 is 0. The molecule has 0 spiro atoms. The molecule has 0 amide bonds. The Bertz CT molecular complexity index is 54.5. The highest BCUT2D eigenvalue weighted by atomic mass is 35.5. The summed E-state index contributed by atoms with van der Waals surface area (Å²) in [6.45, 7) is 3.77. The van der Waals surface area contributed by atoms with Gasteiger partial charge in [-0.15, -0.1) is 11.6 Å². The molecule has 1 N–H and O–H groups in total. The topological polar surface area (TPSA) is 20.2 Å².